The Kier molecular flexibility index (Phi) is 8.39. The molecule has 0 spiro atoms. The number of esters is 1. The third kappa shape index (κ3) is 6.82. The molecule has 6 nitrogen and oxygen atoms in total. The van der Waals surface area contributed by atoms with Gasteiger partial charge >= 0.3 is 5.97 Å². The van der Waals surface area contributed by atoms with E-state index in [1.807, 2.05) is 0 Å². The average molecular weight is 347 g/mol. The molecule has 6 heteroatoms. The smallest absolute Gasteiger partial charge is 0.307 e. The predicted molar refractivity (Wildman–Crippen MR) is 96.3 cm³/mol. The number of amides is 1. The number of nitrogens with zero attached hydrogens (tertiary/aromatic N) is 3. The van der Waals surface area contributed by atoms with Gasteiger partial charge in [0.05, 0.1) is 13.0 Å². The highest BCUT2D eigenvalue weighted by Crippen LogP contribution is 2.10. The normalized spacial score (nSPS) is 14.4. The molecule has 1 fully saturated rings. The summed E-state index contributed by atoms with van der Waals surface area (Å²) in [5.41, 5.74) is 0.610. The maximum absolute atomic E-state index is 12.7. The van der Waals surface area contributed by atoms with E-state index in [0.29, 0.717) is 25.3 Å². The standard InChI is InChI=1S/C19H29N3O3/c1-2-25-18(23)9-16-22(19(24)17-7-10-20-11-8-17)15-6-5-14-21-12-3-4-13-21/h7-8,10-11H,2-6,9,12-16H2,1H3. The molecule has 0 radical (unpaired) electrons. The zero-order chi connectivity index (χ0) is 17.9. The maximum Gasteiger partial charge on any atom is 0.307 e. The topological polar surface area (TPSA) is 62.7 Å². The Morgan fingerprint density at radius 2 is 1.88 bits per heavy atom. The number of carbonyl (C=O) groups is 2. The SMILES string of the molecule is CCOC(=O)CCN(CCCCN1CCCC1)C(=O)c1ccncc1. The van der Waals surface area contributed by atoms with Gasteiger partial charge in [-0.05, 0) is 64.4 Å². The minimum Gasteiger partial charge on any atom is -0.466 e. The Morgan fingerprint density at radius 1 is 1.16 bits per heavy atom. The lowest BCUT2D eigenvalue weighted by molar-refractivity contribution is -0.143. The Balaban J connectivity index is 1.84. The molecule has 0 unspecified atom stereocenters. The second-order valence-electron chi connectivity index (χ2n) is 6.34. The lowest BCUT2D eigenvalue weighted by Crippen LogP contribution is -2.34. The van der Waals surface area contributed by atoms with Gasteiger partial charge in [-0.15, -0.1) is 0 Å². The van der Waals surface area contributed by atoms with Crippen LogP contribution in [0.1, 0.15) is 49.4 Å². The Labute approximate surface area is 150 Å². The van der Waals surface area contributed by atoms with Crippen molar-refractivity contribution in [1.29, 1.82) is 0 Å². The first-order chi connectivity index (χ1) is 12.2. The van der Waals surface area contributed by atoms with E-state index in [0.717, 1.165) is 19.4 Å². The molecule has 0 aliphatic carbocycles. The van der Waals surface area contributed by atoms with Gasteiger partial charge in [0.25, 0.3) is 5.91 Å². The zero-order valence-corrected chi connectivity index (χ0v) is 15.2. The quantitative estimate of drug-likeness (QED) is 0.480. The van der Waals surface area contributed by atoms with Crippen LogP contribution in [-0.4, -0.2) is 66.0 Å². The molecule has 0 aromatic carbocycles. The van der Waals surface area contributed by atoms with E-state index in [2.05, 4.69) is 9.88 Å². The molecule has 25 heavy (non-hydrogen) atoms. The molecule has 0 atom stereocenters. The lowest BCUT2D eigenvalue weighted by atomic mass is 10.2. The van der Waals surface area contributed by atoms with Gasteiger partial charge in [0.1, 0.15) is 0 Å². The number of hydrogen-bond acceptors (Lipinski definition) is 5. The number of rotatable bonds is 10. The fraction of sp³-hybridized carbons (Fsp3) is 0.632. The Bertz CT molecular complexity index is 530. The molecule has 1 aliphatic heterocycles. The van der Waals surface area contributed by atoms with Crippen molar-refractivity contribution in [2.45, 2.75) is 39.0 Å². The number of carbonyl (C=O) groups excluding carboxylic acids is 2. The first-order valence-electron chi connectivity index (χ1n) is 9.28. The minimum atomic E-state index is -0.257. The van der Waals surface area contributed by atoms with E-state index in [4.69, 9.17) is 4.74 Å². The van der Waals surface area contributed by atoms with Crippen molar-refractivity contribution < 1.29 is 14.3 Å². The molecule has 0 saturated carbocycles. The van der Waals surface area contributed by atoms with Crippen molar-refractivity contribution in [1.82, 2.24) is 14.8 Å². The van der Waals surface area contributed by atoms with E-state index in [-0.39, 0.29) is 18.3 Å². The molecular formula is C19H29N3O3. The van der Waals surface area contributed by atoms with Gasteiger partial charge in [-0.1, -0.05) is 0 Å². The first kappa shape index (κ1) is 19.4. The van der Waals surface area contributed by atoms with Gasteiger partial charge in [-0.25, -0.2) is 0 Å². The van der Waals surface area contributed by atoms with Gasteiger partial charge in [0.15, 0.2) is 0 Å². The summed E-state index contributed by atoms with van der Waals surface area (Å²) in [5.74, 6) is -0.306. The van der Waals surface area contributed by atoms with Crippen molar-refractivity contribution in [3.8, 4) is 0 Å². The van der Waals surface area contributed by atoms with E-state index < -0.39 is 0 Å². The van der Waals surface area contributed by atoms with Gasteiger partial charge in [-0.3, -0.25) is 14.6 Å². The van der Waals surface area contributed by atoms with Crippen molar-refractivity contribution in [2.75, 3.05) is 39.3 Å². The molecule has 0 bridgehead atoms. The third-order valence-corrected chi connectivity index (χ3v) is 4.46. The molecule has 138 valence electrons. The summed E-state index contributed by atoms with van der Waals surface area (Å²) in [6, 6.07) is 3.42. The molecule has 2 rings (SSSR count). The van der Waals surface area contributed by atoms with Crippen LogP contribution in [-0.2, 0) is 9.53 Å². The Hall–Kier alpha value is -1.95. The van der Waals surface area contributed by atoms with Gasteiger partial charge < -0.3 is 14.5 Å². The summed E-state index contributed by atoms with van der Waals surface area (Å²) in [6.45, 7) is 6.70. The number of pyridine rings is 1. The van der Waals surface area contributed by atoms with Crippen LogP contribution in [0, 0.1) is 0 Å². The minimum absolute atomic E-state index is 0.0483. The van der Waals surface area contributed by atoms with Gasteiger partial charge in [0.2, 0.25) is 0 Å². The van der Waals surface area contributed by atoms with Crippen LogP contribution in [0.25, 0.3) is 0 Å². The molecule has 1 saturated heterocycles. The maximum atomic E-state index is 12.7. The average Bonchev–Trinajstić information content (AvgIpc) is 3.15. The predicted octanol–water partition coefficient (Wildman–Crippen LogP) is 2.35. The summed E-state index contributed by atoms with van der Waals surface area (Å²) in [6.07, 6.45) is 8.07. The highest BCUT2D eigenvalue weighted by molar-refractivity contribution is 5.94. The molecule has 2 heterocycles. The van der Waals surface area contributed by atoms with E-state index in [1.165, 1.54) is 25.9 Å². The number of unbranched alkanes of at least 4 members (excludes halogenated alkanes) is 1. The summed E-state index contributed by atoms with van der Waals surface area (Å²) in [5, 5.41) is 0. The molecule has 1 amide bonds. The molecular weight excluding hydrogens is 318 g/mol. The van der Waals surface area contributed by atoms with E-state index in [9.17, 15) is 9.59 Å². The molecule has 1 aromatic heterocycles. The van der Waals surface area contributed by atoms with Crippen LogP contribution >= 0.6 is 0 Å². The molecule has 1 aliphatic rings. The van der Waals surface area contributed by atoms with E-state index in [1.54, 1.807) is 36.4 Å². The van der Waals surface area contributed by atoms with Crippen LogP contribution < -0.4 is 0 Å². The molecule has 0 N–H and O–H groups in total. The van der Waals surface area contributed by atoms with Crippen LogP contribution in [0.5, 0.6) is 0 Å². The summed E-state index contributed by atoms with van der Waals surface area (Å²) < 4.78 is 4.98. The van der Waals surface area contributed by atoms with Crippen molar-refractivity contribution in [3.05, 3.63) is 30.1 Å². The number of likely N-dealkylation sites (tertiary alicyclic amines) is 1. The summed E-state index contributed by atoms with van der Waals surface area (Å²) >= 11 is 0. The first-order valence-corrected chi connectivity index (χ1v) is 9.28. The fourth-order valence-electron chi connectivity index (χ4n) is 3.10. The van der Waals surface area contributed by atoms with Crippen LogP contribution in [0.2, 0.25) is 0 Å². The summed E-state index contributed by atoms with van der Waals surface area (Å²) in [7, 11) is 0. The number of hydrogen-bond donors (Lipinski definition) is 0. The van der Waals surface area contributed by atoms with Crippen molar-refractivity contribution in [3.63, 3.8) is 0 Å². The zero-order valence-electron chi connectivity index (χ0n) is 15.2. The highest BCUT2D eigenvalue weighted by Gasteiger charge is 2.17. The monoisotopic (exact) mass is 347 g/mol. The van der Waals surface area contributed by atoms with Crippen molar-refractivity contribution >= 4 is 11.9 Å². The summed E-state index contributed by atoms with van der Waals surface area (Å²) in [4.78, 5) is 32.5. The third-order valence-electron chi connectivity index (χ3n) is 4.46. The lowest BCUT2D eigenvalue weighted by Gasteiger charge is -2.23. The van der Waals surface area contributed by atoms with Gasteiger partial charge in [-0.2, -0.15) is 0 Å². The van der Waals surface area contributed by atoms with Crippen LogP contribution in [0.4, 0.5) is 0 Å². The van der Waals surface area contributed by atoms with Crippen LogP contribution in [0.3, 0.4) is 0 Å². The highest BCUT2D eigenvalue weighted by atomic mass is 16.5. The largest absolute Gasteiger partial charge is 0.466 e. The second-order valence-corrected chi connectivity index (χ2v) is 6.34. The van der Waals surface area contributed by atoms with Gasteiger partial charge in [0, 0.05) is 31.0 Å². The number of aromatic nitrogens is 1. The second kappa shape index (κ2) is 10.8. The fourth-order valence-corrected chi connectivity index (χ4v) is 3.10. The van der Waals surface area contributed by atoms with E-state index >= 15 is 0 Å². The van der Waals surface area contributed by atoms with Crippen LogP contribution in [0.15, 0.2) is 24.5 Å². The van der Waals surface area contributed by atoms with Crippen molar-refractivity contribution in [2.24, 2.45) is 0 Å². The molecule has 1 aromatic rings. The number of ether oxygens (including phenoxy) is 1. The Morgan fingerprint density at radius 3 is 2.56 bits per heavy atom.